The Balaban J connectivity index is 2.28. The summed E-state index contributed by atoms with van der Waals surface area (Å²) in [6, 6.07) is 4.54. The van der Waals surface area contributed by atoms with Crippen LogP contribution in [-0.4, -0.2) is 10.1 Å². The van der Waals surface area contributed by atoms with Crippen LogP contribution in [0.2, 0.25) is 10.0 Å². The second kappa shape index (κ2) is 5.63. The van der Waals surface area contributed by atoms with Gasteiger partial charge in [-0.3, -0.25) is 0 Å². The average molecular weight is 309 g/mol. The highest BCUT2D eigenvalue weighted by Crippen LogP contribution is 2.26. The zero-order chi connectivity index (χ0) is 14.0. The first-order chi connectivity index (χ1) is 8.95. The molecular weight excluding hydrogens is 304 g/mol. The van der Waals surface area contributed by atoms with Crippen molar-refractivity contribution in [1.82, 2.24) is 10.1 Å². The van der Waals surface area contributed by atoms with Crippen LogP contribution in [0.15, 0.2) is 34.6 Å². The third-order valence-corrected chi connectivity index (χ3v) is 2.54. The Morgan fingerprint density at radius 1 is 1.11 bits per heavy atom. The van der Waals surface area contributed by atoms with Crippen molar-refractivity contribution < 1.29 is 17.7 Å². The van der Waals surface area contributed by atoms with Crippen molar-refractivity contribution in [2.75, 3.05) is 0 Å². The van der Waals surface area contributed by atoms with Crippen LogP contribution in [0, 0.1) is 0 Å². The molecule has 1 aromatic carbocycles. The first kappa shape index (κ1) is 13.9. The number of halogens is 5. The minimum absolute atomic E-state index is 0.0893. The van der Waals surface area contributed by atoms with Gasteiger partial charge in [-0.05, 0) is 18.2 Å². The van der Waals surface area contributed by atoms with Crippen LogP contribution in [0.3, 0.4) is 0 Å². The predicted molar refractivity (Wildman–Crippen MR) is 63.8 cm³/mol. The molecular formula is C11H5Cl2F3N2O. The second-order valence-electron chi connectivity index (χ2n) is 3.51. The van der Waals surface area contributed by atoms with Crippen LogP contribution >= 0.6 is 23.2 Å². The van der Waals surface area contributed by atoms with Crippen molar-refractivity contribution in [3.8, 4) is 11.4 Å². The minimum atomic E-state index is -2.41. The molecule has 2 rings (SSSR count). The summed E-state index contributed by atoms with van der Waals surface area (Å²) in [4.78, 5) is 3.78. The lowest BCUT2D eigenvalue weighted by Gasteiger charge is -1.97. The number of hydrogen-bond acceptors (Lipinski definition) is 3. The van der Waals surface area contributed by atoms with Gasteiger partial charge in [-0.2, -0.15) is 13.8 Å². The van der Waals surface area contributed by atoms with Crippen molar-refractivity contribution in [2.45, 2.75) is 6.42 Å². The van der Waals surface area contributed by atoms with Crippen LogP contribution in [0.1, 0.15) is 5.89 Å². The molecule has 0 aliphatic rings. The maximum Gasteiger partial charge on any atom is 0.302 e. The lowest BCUT2D eigenvalue weighted by molar-refractivity contribution is 0.347. The molecule has 8 heteroatoms. The van der Waals surface area contributed by atoms with Crippen molar-refractivity contribution in [3.63, 3.8) is 0 Å². The Morgan fingerprint density at radius 3 is 2.32 bits per heavy atom. The highest BCUT2D eigenvalue weighted by Gasteiger charge is 2.14. The number of nitrogens with zero attached hydrogens (tertiary/aromatic N) is 2. The van der Waals surface area contributed by atoms with Gasteiger partial charge in [0.05, 0.1) is 6.42 Å². The molecule has 0 spiro atoms. The van der Waals surface area contributed by atoms with Crippen molar-refractivity contribution in [2.24, 2.45) is 0 Å². The van der Waals surface area contributed by atoms with E-state index in [9.17, 15) is 13.2 Å². The van der Waals surface area contributed by atoms with E-state index >= 15 is 0 Å². The van der Waals surface area contributed by atoms with E-state index in [4.69, 9.17) is 23.2 Å². The SMILES string of the molecule is FC(F)=C(F)Cc1nc(-c2cc(Cl)cc(Cl)c2)no1. The van der Waals surface area contributed by atoms with Gasteiger partial charge in [-0.1, -0.05) is 28.4 Å². The molecule has 0 fully saturated rings. The molecule has 1 heterocycles. The summed E-state index contributed by atoms with van der Waals surface area (Å²) in [5.74, 6) is -1.79. The molecule has 0 saturated carbocycles. The molecule has 19 heavy (non-hydrogen) atoms. The highest BCUT2D eigenvalue weighted by atomic mass is 35.5. The maximum atomic E-state index is 12.7. The molecule has 0 bridgehead atoms. The molecule has 3 nitrogen and oxygen atoms in total. The monoisotopic (exact) mass is 308 g/mol. The Morgan fingerprint density at radius 2 is 1.74 bits per heavy atom. The summed E-state index contributed by atoms with van der Waals surface area (Å²) >= 11 is 11.6. The molecule has 1 aromatic heterocycles. The van der Waals surface area contributed by atoms with Gasteiger partial charge in [-0.25, -0.2) is 4.39 Å². The summed E-state index contributed by atoms with van der Waals surface area (Å²) in [6.45, 7) is 0. The Labute approximate surface area is 115 Å². The third-order valence-electron chi connectivity index (χ3n) is 2.10. The Kier molecular flexibility index (Phi) is 4.11. The molecule has 0 atom stereocenters. The number of rotatable bonds is 3. The van der Waals surface area contributed by atoms with E-state index in [1.165, 1.54) is 18.2 Å². The maximum absolute atomic E-state index is 12.7. The van der Waals surface area contributed by atoms with Crippen LogP contribution < -0.4 is 0 Å². The molecule has 0 N–H and O–H groups in total. The zero-order valence-electron chi connectivity index (χ0n) is 9.13. The van der Waals surface area contributed by atoms with Gasteiger partial charge >= 0.3 is 6.08 Å². The van der Waals surface area contributed by atoms with E-state index in [2.05, 4.69) is 14.7 Å². The van der Waals surface area contributed by atoms with Gasteiger partial charge in [0.25, 0.3) is 0 Å². The Bertz CT molecular complexity index is 618. The van der Waals surface area contributed by atoms with E-state index in [-0.39, 0.29) is 11.7 Å². The van der Waals surface area contributed by atoms with Crippen LogP contribution in [0.5, 0.6) is 0 Å². The third kappa shape index (κ3) is 3.48. The standard InChI is InChI=1S/C11H5Cl2F3N2O/c12-6-1-5(2-7(13)3-6)11-17-9(19-18-11)4-8(14)10(15)16/h1-3H,4H2. The molecule has 2 aromatic rings. The van der Waals surface area contributed by atoms with E-state index in [0.29, 0.717) is 15.6 Å². The van der Waals surface area contributed by atoms with Crippen molar-refractivity contribution in [1.29, 1.82) is 0 Å². The molecule has 0 aliphatic carbocycles. The molecule has 0 aliphatic heterocycles. The van der Waals surface area contributed by atoms with Gasteiger partial charge in [0.2, 0.25) is 11.7 Å². The van der Waals surface area contributed by atoms with E-state index in [1.54, 1.807) is 0 Å². The minimum Gasteiger partial charge on any atom is -0.339 e. The Hall–Kier alpha value is -1.53. The number of aromatic nitrogens is 2. The van der Waals surface area contributed by atoms with Crippen LogP contribution in [0.4, 0.5) is 13.2 Å². The van der Waals surface area contributed by atoms with Crippen molar-refractivity contribution >= 4 is 23.2 Å². The molecule has 100 valence electrons. The fourth-order valence-corrected chi connectivity index (χ4v) is 1.85. The van der Waals surface area contributed by atoms with Gasteiger partial charge < -0.3 is 4.52 Å². The lowest BCUT2D eigenvalue weighted by Crippen LogP contribution is -1.87. The first-order valence-corrected chi connectivity index (χ1v) is 5.70. The predicted octanol–water partition coefficient (Wildman–Crippen LogP) is 4.66. The highest BCUT2D eigenvalue weighted by molar-refractivity contribution is 6.35. The van der Waals surface area contributed by atoms with Crippen molar-refractivity contribution in [3.05, 3.63) is 46.0 Å². The van der Waals surface area contributed by atoms with E-state index in [1.807, 2.05) is 0 Å². The fraction of sp³-hybridized carbons (Fsp3) is 0.0909. The van der Waals surface area contributed by atoms with Gasteiger partial charge in [0.15, 0.2) is 5.83 Å². The normalized spacial score (nSPS) is 10.6. The summed E-state index contributed by atoms with van der Waals surface area (Å²) in [5.41, 5.74) is 0.442. The van der Waals surface area contributed by atoms with E-state index < -0.39 is 18.3 Å². The average Bonchev–Trinajstić information content (AvgIpc) is 2.76. The topological polar surface area (TPSA) is 38.9 Å². The zero-order valence-corrected chi connectivity index (χ0v) is 10.6. The largest absolute Gasteiger partial charge is 0.339 e. The number of allylic oxidation sites excluding steroid dienone is 1. The van der Waals surface area contributed by atoms with Crippen LogP contribution in [0.25, 0.3) is 11.4 Å². The summed E-state index contributed by atoms with van der Waals surface area (Å²) < 4.78 is 41.2. The van der Waals surface area contributed by atoms with Crippen LogP contribution in [-0.2, 0) is 6.42 Å². The number of hydrogen-bond donors (Lipinski definition) is 0. The van der Waals surface area contributed by atoms with E-state index in [0.717, 1.165) is 0 Å². The molecule has 0 unspecified atom stereocenters. The fourth-order valence-electron chi connectivity index (χ4n) is 1.33. The smallest absolute Gasteiger partial charge is 0.302 e. The van der Waals surface area contributed by atoms with Gasteiger partial charge in [-0.15, -0.1) is 0 Å². The van der Waals surface area contributed by atoms with Gasteiger partial charge in [0.1, 0.15) is 0 Å². The molecule has 0 saturated heterocycles. The summed E-state index contributed by atoms with van der Waals surface area (Å²) in [7, 11) is 0. The first-order valence-electron chi connectivity index (χ1n) is 4.94. The van der Waals surface area contributed by atoms with Gasteiger partial charge in [0, 0.05) is 15.6 Å². The molecule has 0 radical (unpaired) electrons. The quantitative estimate of drug-likeness (QED) is 0.827. The lowest BCUT2D eigenvalue weighted by atomic mass is 10.2. The number of benzene rings is 1. The molecule has 0 amide bonds. The second-order valence-corrected chi connectivity index (χ2v) is 4.38. The summed E-state index contributed by atoms with van der Waals surface area (Å²) in [6.07, 6.45) is -3.17. The summed E-state index contributed by atoms with van der Waals surface area (Å²) in [5, 5.41) is 4.26.